The lowest BCUT2D eigenvalue weighted by Crippen LogP contribution is -2.52. The number of nitrogens with zero attached hydrogens (tertiary/aromatic N) is 8. The summed E-state index contributed by atoms with van der Waals surface area (Å²) in [6.45, 7) is 7.94. The third kappa shape index (κ3) is 4.96. The van der Waals surface area contributed by atoms with Gasteiger partial charge in [-0.05, 0) is 81.8 Å². The van der Waals surface area contributed by atoms with Crippen LogP contribution in [0.25, 0.3) is 17.1 Å². The van der Waals surface area contributed by atoms with E-state index in [0.29, 0.717) is 35.2 Å². The molecule has 1 saturated heterocycles. The first kappa shape index (κ1) is 27.4. The van der Waals surface area contributed by atoms with Gasteiger partial charge in [0.1, 0.15) is 0 Å². The first-order valence-electron chi connectivity index (χ1n) is 16.0. The van der Waals surface area contributed by atoms with E-state index in [4.69, 9.17) is 15.9 Å². The molecular weight excluding hydrogens is 555 g/mol. The van der Waals surface area contributed by atoms with E-state index in [9.17, 15) is 0 Å². The zero-order chi connectivity index (χ0) is 29.9. The van der Waals surface area contributed by atoms with E-state index < -0.39 is 0 Å². The summed E-state index contributed by atoms with van der Waals surface area (Å²) in [4.78, 5) is 13.5. The molecule has 1 aromatic carbocycles. The van der Waals surface area contributed by atoms with Crippen LogP contribution in [0.4, 0.5) is 27.8 Å². The Labute approximate surface area is 256 Å². The maximum absolute atomic E-state index is 15.4. The molecule has 228 valence electrons. The van der Waals surface area contributed by atoms with Crippen LogP contribution in [0.15, 0.2) is 36.5 Å². The lowest BCUT2D eigenvalue weighted by molar-refractivity contribution is 0.181. The Morgan fingerprint density at radius 1 is 0.977 bits per heavy atom. The fraction of sp³-hybridized carbons (Fsp3) is 0.485. The van der Waals surface area contributed by atoms with Gasteiger partial charge in [-0.1, -0.05) is 23.8 Å². The van der Waals surface area contributed by atoms with E-state index in [2.05, 4.69) is 63.4 Å². The number of piperazine rings is 1. The van der Waals surface area contributed by atoms with E-state index in [-0.39, 0.29) is 17.7 Å². The van der Waals surface area contributed by atoms with Gasteiger partial charge in [-0.15, -0.1) is 15.3 Å². The summed E-state index contributed by atoms with van der Waals surface area (Å²) in [5.74, 6) is 2.80. The summed E-state index contributed by atoms with van der Waals surface area (Å²) < 4.78 is 16.9. The second-order valence-corrected chi connectivity index (χ2v) is 13.2. The minimum absolute atomic E-state index is 0.205. The number of hydrogen-bond donors (Lipinski definition) is 2. The number of aromatic nitrogens is 6. The molecule has 3 fully saturated rings. The largest absolute Gasteiger partial charge is 0.368 e. The Morgan fingerprint density at radius 2 is 1.77 bits per heavy atom. The highest BCUT2D eigenvalue weighted by Crippen LogP contribution is 2.53. The molecule has 3 N–H and O–H groups in total. The average molecular weight is 595 g/mol. The topological polar surface area (TPSA) is 114 Å². The number of nitrogen functional groups attached to an aromatic ring is 1. The second-order valence-electron chi connectivity index (χ2n) is 13.2. The van der Waals surface area contributed by atoms with Crippen LogP contribution in [0.5, 0.6) is 0 Å². The first-order valence-corrected chi connectivity index (χ1v) is 16.0. The van der Waals surface area contributed by atoms with Crippen LogP contribution >= 0.6 is 0 Å². The van der Waals surface area contributed by atoms with Crippen molar-refractivity contribution < 1.29 is 4.39 Å². The standard InChI is InChI=1S/C33H39FN10/c1-19-4-3-5-24(14-19)29-27-22-8-10-23(11-9-22)28(27)31(40-39-29)44-32(35)38-33(41-44)37-25-15-26(34)30(36-16-25)43-13-12-42(20(2)17-43)18-21-6-7-21/h3-5,14-16,20-23H,6-13,17-18H2,1-2H3,(H3,35,37,38,41)/t20-,22?,23?/m0/s1. The van der Waals surface area contributed by atoms with Crippen molar-refractivity contribution in [2.24, 2.45) is 5.92 Å². The van der Waals surface area contributed by atoms with Crippen molar-refractivity contribution in [2.45, 2.75) is 70.3 Å². The molecule has 0 radical (unpaired) electrons. The number of nitrogens with one attached hydrogen (secondary N) is 1. The van der Waals surface area contributed by atoms with E-state index >= 15 is 4.39 Å². The van der Waals surface area contributed by atoms with Crippen LogP contribution in [0.3, 0.4) is 0 Å². The molecule has 3 aromatic heterocycles. The zero-order valence-electron chi connectivity index (χ0n) is 25.4. The molecule has 9 rings (SSSR count). The fourth-order valence-corrected chi connectivity index (χ4v) is 7.59. The quantitative estimate of drug-likeness (QED) is 0.284. The van der Waals surface area contributed by atoms with Gasteiger partial charge in [-0.25, -0.2) is 9.37 Å². The third-order valence-corrected chi connectivity index (χ3v) is 10.0. The molecule has 0 spiro atoms. The van der Waals surface area contributed by atoms with Crippen LogP contribution < -0.4 is 16.0 Å². The number of benzene rings is 1. The molecule has 1 aliphatic heterocycles. The summed E-state index contributed by atoms with van der Waals surface area (Å²) in [6.07, 6.45) is 8.87. The van der Waals surface area contributed by atoms with Gasteiger partial charge in [-0.3, -0.25) is 4.90 Å². The summed E-state index contributed by atoms with van der Waals surface area (Å²) in [7, 11) is 0. The van der Waals surface area contributed by atoms with Gasteiger partial charge in [0, 0.05) is 49.4 Å². The van der Waals surface area contributed by atoms with Gasteiger partial charge in [0.25, 0.3) is 0 Å². The number of fused-ring (bicyclic) bond motifs is 2. The Hall–Kier alpha value is -4.12. The number of hydrogen-bond acceptors (Lipinski definition) is 9. The molecule has 1 atom stereocenters. The Bertz CT molecular complexity index is 1710. The predicted molar refractivity (Wildman–Crippen MR) is 169 cm³/mol. The number of aryl methyl sites for hydroxylation is 1. The smallest absolute Gasteiger partial charge is 0.248 e. The molecule has 4 aromatic rings. The van der Waals surface area contributed by atoms with E-state index in [1.807, 2.05) is 4.90 Å². The minimum atomic E-state index is -0.368. The highest BCUT2D eigenvalue weighted by molar-refractivity contribution is 5.69. The van der Waals surface area contributed by atoms with Crippen LogP contribution in [0.2, 0.25) is 0 Å². The fourth-order valence-electron chi connectivity index (χ4n) is 7.59. The van der Waals surface area contributed by atoms with E-state index in [0.717, 1.165) is 69.0 Å². The average Bonchev–Trinajstić information content (AvgIpc) is 3.78. The lowest BCUT2D eigenvalue weighted by Gasteiger charge is -2.40. The molecule has 0 amide bonds. The Kier molecular flexibility index (Phi) is 6.73. The monoisotopic (exact) mass is 594 g/mol. The minimum Gasteiger partial charge on any atom is -0.368 e. The molecule has 2 saturated carbocycles. The van der Waals surface area contributed by atoms with Crippen molar-refractivity contribution in [3.63, 3.8) is 0 Å². The maximum atomic E-state index is 15.4. The van der Waals surface area contributed by atoms with Crippen molar-refractivity contribution >= 4 is 23.4 Å². The molecule has 44 heavy (non-hydrogen) atoms. The van der Waals surface area contributed by atoms with Crippen molar-refractivity contribution in [3.8, 4) is 17.1 Å². The predicted octanol–water partition coefficient (Wildman–Crippen LogP) is 5.57. The summed E-state index contributed by atoms with van der Waals surface area (Å²) in [6, 6.07) is 10.3. The van der Waals surface area contributed by atoms with Crippen molar-refractivity contribution in [1.82, 2.24) is 34.8 Å². The highest BCUT2D eigenvalue weighted by Gasteiger charge is 2.39. The molecular formula is C33H39FN10. The van der Waals surface area contributed by atoms with Crippen molar-refractivity contribution in [1.29, 1.82) is 0 Å². The lowest BCUT2D eigenvalue weighted by atomic mass is 9.66. The van der Waals surface area contributed by atoms with Gasteiger partial charge in [0.15, 0.2) is 17.5 Å². The Morgan fingerprint density at radius 3 is 2.50 bits per heavy atom. The normalized spacial score (nSPS) is 23.2. The molecule has 4 heterocycles. The van der Waals surface area contributed by atoms with Crippen molar-refractivity contribution in [3.05, 3.63) is 59.0 Å². The molecule has 0 unspecified atom stereocenters. The molecule has 4 aliphatic carbocycles. The van der Waals surface area contributed by atoms with E-state index in [1.54, 1.807) is 10.9 Å². The molecule has 11 heteroatoms. The van der Waals surface area contributed by atoms with Crippen LogP contribution in [-0.4, -0.2) is 67.1 Å². The Balaban J connectivity index is 1.05. The number of rotatable bonds is 7. The number of anilines is 4. The van der Waals surface area contributed by atoms with Gasteiger partial charge >= 0.3 is 0 Å². The van der Waals surface area contributed by atoms with Gasteiger partial charge in [-0.2, -0.15) is 9.67 Å². The molecule has 2 bridgehead atoms. The van der Waals surface area contributed by atoms with Gasteiger partial charge in [0.2, 0.25) is 11.9 Å². The highest BCUT2D eigenvalue weighted by atomic mass is 19.1. The van der Waals surface area contributed by atoms with Crippen LogP contribution in [0.1, 0.15) is 74.0 Å². The SMILES string of the molecule is Cc1cccc(-c2nnc(-n3nc(Nc4cnc(N5CCN(CC6CC6)[C@@H](C)C5)c(F)c4)nc3N)c3c2C2CCC3CC2)c1. The first-order chi connectivity index (χ1) is 21.4. The second kappa shape index (κ2) is 10.8. The number of pyridine rings is 1. The zero-order valence-corrected chi connectivity index (χ0v) is 25.4. The number of nitrogens with two attached hydrogens (primary N) is 1. The molecule has 5 aliphatic rings. The summed E-state index contributed by atoms with van der Waals surface area (Å²) in [5.41, 5.74) is 12.6. The third-order valence-electron chi connectivity index (χ3n) is 10.0. The van der Waals surface area contributed by atoms with Crippen LogP contribution in [-0.2, 0) is 0 Å². The molecule has 10 nitrogen and oxygen atoms in total. The maximum Gasteiger partial charge on any atom is 0.248 e. The number of halogens is 1. The van der Waals surface area contributed by atoms with Crippen LogP contribution in [0, 0.1) is 18.7 Å². The van der Waals surface area contributed by atoms with Gasteiger partial charge < -0.3 is 16.0 Å². The van der Waals surface area contributed by atoms with E-state index in [1.165, 1.54) is 35.6 Å². The summed E-state index contributed by atoms with van der Waals surface area (Å²) >= 11 is 0. The van der Waals surface area contributed by atoms with Crippen molar-refractivity contribution in [2.75, 3.05) is 42.1 Å². The van der Waals surface area contributed by atoms with Gasteiger partial charge in [0.05, 0.1) is 17.6 Å². The summed E-state index contributed by atoms with van der Waals surface area (Å²) in [5, 5.41) is 17.2.